The van der Waals surface area contributed by atoms with Gasteiger partial charge < -0.3 is 35.3 Å². The fourth-order valence-electron chi connectivity index (χ4n) is 4.82. The molecule has 0 radical (unpaired) electrons. The normalized spacial score (nSPS) is 13.7. The van der Waals surface area contributed by atoms with Crippen LogP contribution in [0.5, 0.6) is 23.0 Å². The Kier molecular flexibility index (Phi) is 8.24. The average molecular weight is 534 g/mol. The maximum absolute atomic E-state index is 13.3. The minimum atomic E-state index is -0.436. The highest BCUT2D eigenvalue weighted by Gasteiger charge is 2.29. The van der Waals surface area contributed by atoms with Crippen molar-refractivity contribution in [3.8, 4) is 34.1 Å². The summed E-state index contributed by atoms with van der Waals surface area (Å²) in [6.45, 7) is 1.25. The van der Waals surface area contributed by atoms with Gasteiger partial charge in [-0.15, -0.1) is 0 Å². The Hall–Kier alpha value is -4.73. The molecule has 4 N–H and O–H groups in total. The third kappa shape index (κ3) is 5.90. The van der Waals surface area contributed by atoms with Crippen LogP contribution in [0, 0.1) is 0 Å². The average Bonchev–Trinajstić information content (AvgIpc) is 3.14. The molecule has 2 amide bonds. The molecule has 0 aromatic heterocycles. The first-order valence-corrected chi connectivity index (χ1v) is 12.4. The van der Waals surface area contributed by atoms with Gasteiger partial charge in [-0.3, -0.25) is 14.4 Å². The van der Waals surface area contributed by atoms with Crippen LogP contribution in [0.15, 0.2) is 53.3 Å². The number of rotatable bonds is 8. The number of carbonyl (C=O) groups is 2. The number of carbonyl (C=O) groups excluding carboxylic acids is 2. The molecule has 0 saturated carbocycles. The first kappa shape index (κ1) is 27.3. The number of aryl methyl sites for hydroxylation is 1. The molecule has 3 aromatic rings. The van der Waals surface area contributed by atoms with E-state index in [1.165, 1.54) is 39.3 Å². The Labute approximate surface area is 225 Å². The van der Waals surface area contributed by atoms with Crippen molar-refractivity contribution in [3.63, 3.8) is 0 Å². The first-order chi connectivity index (χ1) is 18.7. The zero-order valence-electron chi connectivity index (χ0n) is 22.2. The summed E-state index contributed by atoms with van der Waals surface area (Å²) in [5.74, 6) is 0.789. The van der Waals surface area contributed by atoms with E-state index in [9.17, 15) is 19.5 Å². The smallest absolute Gasteiger partial charge is 0.243 e. The van der Waals surface area contributed by atoms with E-state index in [1.54, 1.807) is 31.4 Å². The van der Waals surface area contributed by atoms with Crippen LogP contribution in [0.2, 0.25) is 0 Å². The van der Waals surface area contributed by atoms with Crippen molar-refractivity contribution in [3.05, 3.63) is 69.9 Å². The highest BCUT2D eigenvalue weighted by molar-refractivity contribution is 5.94. The number of benzene rings is 2. The second-order valence-corrected chi connectivity index (χ2v) is 9.05. The monoisotopic (exact) mass is 533 g/mol. The number of phenols is 1. The number of fused-ring (bicyclic) bond motifs is 3. The van der Waals surface area contributed by atoms with Gasteiger partial charge in [0.1, 0.15) is 5.75 Å². The molecule has 4 rings (SSSR count). The number of phenolic OH excluding ortho intramolecular Hbond substituents is 1. The van der Waals surface area contributed by atoms with Crippen molar-refractivity contribution in [1.29, 1.82) is 0 Å². The van der Waals surface area contributed by atoms with Gasteiger partial charge in [0.15, 0.2) is 11.5 Å². The van der Waals surface area contributed by atoms with Gasteiger partial charge in [0.05, 0.1) is 39.6 Å². The summed E-state index contributed by atoms with van der Waals surface area (Å²) in [4.78, 5) is 37.9. The SMILES string of the molecule is COc1cc2c(c(OC)c1OC)-c1ccc(NCC(=O)Nc3cccc(O)c3)c(=O)cc1C(NC(C)=O)CC2. The molecule has 204 valence electrons. The molecule has 10 nitrogen and oxygen atoms in total. The molecular formula is C29H31N3O7. The Bertz CT molecular complexity index is 1470. The number of hydrogen-bond donors (Lipinski definition) is 4. The van der Waals surface area contributed by atoms with Crippen molar-refractivity contribution >= 4 is 23.2 Å². The van der Waals surface area contributed by atoms with E-state index in [0.717, 1.165) is 11.1 Å². The number of nitrogens with one attached hydrogen (secondary N) is 3. The van der Waals surface area contributed by atoms with Gasteiger partial charge in [-0.1, -0.05) is 12.1 Å². The Morgan fingerprint density at radius 3 is 2.44 bits per heavy atom. The molecule has 0 fully saturated rings. The summed E-state index contributed by atoms with van der Waals surface area (Å²) in [7, 11) is 4.61. The molecule has 3 aromatic carbocycles. The van der Waals surface area contributed by atoms with E-state index in [1.807, 2.05) is 6.07 Å². The molecule has 0 aliphatic heterocycles. The molecule has 1 aliphatic carbocycles. The Morgan fingerprint density at radius 1 is 1.00 bits per heavy atom. The quantitative estimate of drug-likeness (QED) is 0.345. The summed E-state index contributed by atoms with van der Waals surface area (Å²) in [6, 6.07) is 12.5. The highest BCUT2D eigenvalue weighted by atomic mass is 16.5. The number of aromatic hydroxyl groups is 1. The van der Waals surface area contributed by atoms with Gasteiger partial charge in [0, 0.05) is 24.2 Å². The summed E-state index contributed by atoms with van der Waals surface area (Å²) in [5, 5.41) is 18.1. The van der Waals surface area contributed by atoms with Gasteiger partial charge in [-0.2, -0.15) is 0 Å². The number of methoxy groups -OCH3 is 3. The zero-order chi connectivity index (χ0) is 28.1. The lowest BCUT2D eigenvalue weighted by molar-refractivity contribution is -0.119. The lowest BCUT2D eigenvalue weighted by atomic mass is 9.95. The van der Waals surface area contributed by atoms with Crippen molar-refractivity contribution in [2.45, 2.75) is 25.8 Å². The number of amides is 2. The zero-order valence-corrected chi connectivity index (χ0v) is 22.2. The van der Waals surface area contributed by atoms with Gasteiger partial charge >= 0.3 is 0 Å². The number of anilines is 2. The molecular weight excluding hydrogens is 502 g/mol. The second-order valence-electron chi connectivity index (χ2n) is 9.05. The van der Waals surface area contributed by atoms with E-state index in [0.29, 0.717) is 46.9 Å². The molecule has 0 heterocycles. The summed E-state index contributed by atoms with van der Waals surface area (Å²) in [5.41, 5.74) is 3.25. The van der Waals surface area contributed by atoms with E-state index in [4.69, 9.17) is 14.2 Å². The summed E-state index contributed by atoms with van der Waals surface area (Å²) >= 11 is 0. The van der Waals surface area contributed by atoms with Crippen LogP contribution in [-0.4, -0.2) is 44.8 Å². The lowest BCUT2D eigenvalue weighted by Gasteiger charge is -2.19. The summed E-state index contributed by atoms with van der Waals surface area (Å²) in [6.07, 6.45) is 1.13. The van der Waals surface area contributed by atoms with Crippen LogP contribution < -0.4 is 35.6 Å². The largest absolute Gasteiger partial charge is 0.508 e. The summed E-state index contributed by atoms with van der Waals surface area (Å²) < 4.78 is 16.9. The van der Waals surface area contributed by atoms with Crippen molar-refractivity contribution in [2.75, 3.05) is 38.5 Å². The number of ether oxygens (including phenoxy) is 3. The third-order valence-corrected chi connectivity index (χ3v) is 6.49. The van der Waals surface area contributed by atoms with E-state index in [2.05, 4.69) is 16.0 Å². The van der Waals surface area contributed by atoms with Gasteiger partial charge in [0.25, 0.3) is 0 Å². The van der Waals surface area contributed by atoms with Crippen LogP contribution >= 0.6 is 0 Å². The molecule has 1 aliphatic rings. The molecule has 0 bridgehead atoms. The first-order valence-electron chi connectivity index (χ1n) is 12.4. The van der Waals surface area contributed by atoms with E-state index in [-0.39, 0.29) is 29.3 Å². The topological polar surface area (TPSA) is 135 Å². The van der Waals surface area contributed by atoms with Crippen molar-refractivity contribution in [2.24, 2.45) is 0 Å². The number of hydrogen-bond acceptors (Lipinski definition) is 8. The standard InChI is InChI=1S/C29H31N3O7/c1-16(33)31-22-10-8-17-12-25(37-2)28(38-3)29(39-4)27(17)20-9-11-23(24(35)14-21(20)22)30-15-26(36)32-18-6-5-7-19(34)13-18/h5-7,9,11-14,22,34H,8,10,15H2,1-4H3,(H,30,35)(H,31,33)(H,32,36). The molecule has 1 unspecified atom stereocenters. The second kappa shape index (κ2) is 11.8. The van der Waals surface area contributed by atoms with E-state index < -0.39 is 11.9 Å². The fraction of sp³-hybridized carbons (Fsp3) is 0.276. The fourth-order valence-corrected chi connectivity index (χ4v) is 4.82. The maximum atomic E-state index is 13.3. The van der Waals surface area contributed by atoms with Crippen molar-refractivity contribution in [1.82, 2.24) is 5.32 Å². The Balaban J connectivity index is 1.77. The third-order valence-electron chi connectivity index (χ3n) is 6.49. The molecule has 0 spiro atoms. The predicted molar refractivity (Wildman–Crippen MR) is 148 cm³/mol. The van der Waals surface area contributed by atoms with Gasteiger partial charge in [-0.25, -0.2) is 0 Å². The van der Waals surface area contributed by atoms with Crippen LogP contribution in [-0.2, 0) is 16.0 Å². The van der Waals surface area contributed by atoms with Gasteiger partial charge in [0.2, 0.25) is 23.0 Å². The molecule has 10 heteroatoms. The van der Waals surface area contributed by atoms with Crippen LogP contribution in [0.25, 0.3) is 11.1 Å². The van der Waals surface area contributed by atoms with Crippen LogP contribution in [0.3, 0.4) is 0 Å². The predicted octanol–water partition coefficient (Wildman–Crippen LogP) is 3.62. The molecule has 39 heavy (non-hydrogen) atoms. The van der Waals surface area contributed by atoms with Crippen LogP contribution in [0.1, 0.15) is 30.5 Å². The lowest BCUT2D eigenvalue weighted by Crippen LogP contribution is -2.27. The van der Waals surface area contributed by atoms with Gasteiger partial charge in [-0.05, 0) is 59.9 Å². The molecule has 1 atom stereocenters. The Morgan fingerprint density at radius 2 is 1.77 bits per heavy atom. The van der Waals surface area contributed by atoms with E-state index >= 15 is 0 Å². The van der Waals surface area contributed by atoms with Crippen LogP contribution in [0.4, 0.5) is 11.4 Å². The minimum absolute atomic E-state index is 0.0258. The highest BCUT2D eigenvalue weighted by Crippen LogP contribution is 2.50. The maximum Gasteiger partial charge on any atom is 0.243 e. The molecule has 0 saturated heterocycles. The minimum Gasteiger partial charge on any atom is -0.508 e. The van der Waals surface area contributed by atoms with Crippen molar-refractivity contribution < 1.29 is 28.9 Å².